The van der Waals surface area contributed by atoms with Crippen molar-refractivity contribution in [1.29, 1.82) is 0 Å². The zero-order valence-corrected chi connectivity index (χ0v) is 19.4. The highest BCUT2D eigenvalue weighted by Crippen LogP contribution is 2.35. The fraction of sp³-hybridized carbons (Fsp3) is 0.385. The number of aromatic nitrogens is 3. The molecule has 0 atom stereocenters. The van der Waals surface area contributed by atoms with Crippen LogP contribution < -0.4 is 14.8 Å². The van der Waals surface area contributed by atoms with Crippen LogP contribution >= 0.6 is 0 Å². The van der Waals surface area contributed by atoms with Crippen molar-refractivity contribution in [1.82, 2.24) is 19.9 Å². The van der Waals surface area contributed by atoms with Crippen molar-refractivity contribution < 1.29 is 9.47 Å². The standard InChI is InChI=1S/C26H31N5O2/c1-18-13-19-14-20(7-8-22(19)29-18)30-26-21-15-24(32-2)25(16-23(21)27-17-28-26)33-12-6-11-31-9-4-3-5-10-31/h7-8,13-17,29H,3-6,9-12H2,1-2H3,(H,27,28,30). The minimum Gasteiger partial charge on any atom is -0.493 e. The number of nitrogens with one attached hydrogen (secondary N) is 2. The van der Waals surface area contributed by atoms with Crippen LogP contribution in [-0.4, -0.2) is 53.2 Å². The molecule has 2 N–H and O–H groups in total. The van der Waals surface area contributed by atoms with Crippen molar-refractivity contribution in [2.75, 3.05) is 38.7 Å². The molecule has 7 nitrogen and oxygen atoms in total. The smallest absolute Gasteiger partial charge is 0.163 e. The summed E-state index contributed by atoms with van der Waals surface area (Å²) in [6.07, 6.45) is 6.57. The van der Waals surface area contributed by atoms with Gasteiger partial charge in [-0.15, -0.1) is 0 Å². The van der Waals surface area contributed by atoms with Gasteiger partial charge in [-0.2, -0.15) is 0 Å². The van der Waals surface area contributed by atoms with Crippen LogP contribution in [0.2, 0.25) is 0 Å². The molecule has 3 heterocycles. The predicted octanol–water partition coefficient (Wildman–Crippen LogP) is 5.43. The summed E-state index contributed by atoms with van der Waals surface area (Å²) in [5.41, 5.74) is 4.05. The molecule has 7 heteroatoms. The fourth-order valence-corrected chi connectivity index (χ4v) is 4.58. The Bertz CT molecular complexity index is 1250. The summed E-state index contributed by atoms with van der Waals surface area (Å²) in [6, 6.07) is 12.3. The fourth-order valence-electron chi connectivity index (χ4n) is 4.58. The predicted molar refractivity (Wildman–Crippen MR) is 133 cm³/mol. The Labute approximate surface area is 194 Å². The zero-order chi connectivity index (χ0) is 22.6. The number of hydrogen-bond donors (Lipinski definition) is 2. The Kier molecular flexibility index (Phi) is 6.30. The van der Waals surface area contributed by atoms with Crippen molar-refractivity contribution in [3.63, 3.8) is 0 Å². The first kappa shape index (κ1) is 21.5. The molecular formula is C26H31N5O2. The maximum Gasteiger partial charge on any atom is 0.163 e. The molecular weight excluding hydrogens is 414 g/mol. The lowest BCUT2D eigenvalue weighted by molar-refractivity contribution is 0.203. The van der Waals surface area contributed by atoms with Crippen LogP contribution in [-0.2, 0) is 0 Å². The number of ether oxygens (including phenoxy) is 2. The van der Waals surface area contributed by atoms with E-state index in [1.54, 1.807) is 13.4 Å². The highest BCUT2D eigenvalue weighted by molar-refractivity contribution is 5.94. The molecule has 0 saturated carbocycles. The van der Waals surface area contributed by atoms with Crippen LogP contribution in [0.25, 0.3) is 21.8 Å². The number of fused-ring (bicyclic) bond motifs is 2. The quantitative estimate of drug-likeness (QED) is 0.353. The largest absolute Gasteiger partial charge is 0.493 e. The SMILES string of the molecule is COc1cc2c(Nc3ccc4[nH]c(C)cc4c3)ncnc2cc1OCCCN1CCCCC1. The molecule has 1 aliphatic heterocycles. The van der Waals surface area contributed by atoms with Crippen molar-refractivity contribution in [2.24, 2.45) is 0 Å². The summed E-state index contributed by atoms with van der Waals surface area (Å²) in [5.74, 6) is 2.15. The highest BCUT2D eigenvalue weighted by Gasteiger charge is 2.13. The van der Waals surface area contributed by atoms with Gasteiger partial charge in [0.25, 0.3) is 0 Å². The van der Waals surface area contributed by atoms with Crippen LogP contribution in [0.4, 0.5) is 11.5 Å². The highest BCUT2D eigenvalue weighted by atomic mass is 16.5. The average molecular weight is 446 g/mol. The Balaban J connectivity index is 1.32. The number of anilines is 2. The minimum atomic E-state index is 0.657. The molecule has 2 aromatic heterocycles. The molecule has 172 valence electrons. The molecule has 0 aliphatic carbocycles. The molecule has 2 aromatic carbocycles. The first-order valence-electron chi connectivity index (χ1n) is 11.7. The molecule has 0 bridgehead atoms. The van der Waals surface area contributed by atoms with Gasteiger partial charge in [0.05, 0.1) is 19.2 Å². The molecule has 1 saturated heterocycles. The van der Waals surface area contributed by atoms with Gasteiger partial charge in [-0.25, -0.2) is 9.97 Å². The Morgan fingerprint density at radius 1 is 1.03 bits per heavy atom. The maximum atomic E-state index is 6.10. The normalized spacial score (nSPS) is 14.6. The molecule has 0 spiro atoms. The van der Waals surface area contributed by atoms with E-state index >= 15 is 0 Å². The van der Waals surface area contributed by atoms with Crippen LogP contribution in [0.5, 0.6) is 11.5 Å². The number of methoxy groups -OCH3 is 1. The molecule has 33 heavy (non-hydrogen) atoms. The van der Waals surface area contributed by atoms with Crippen LogP contribution in [0.15, 0.2) is 42.7 Å². The number of H-pyrrole nitrogens is 1. The molecule has 0 amide bonds. The number of aromatic amines is 1. The Hall–Kier alpha value is -3.32. The van der Waals surface area contributed by atoms with E-state index in [0.717, 1.165) is 57.7 Å². The van der Waals surface area contributed by atoms with E-state index in [0.29, 0.717) is 12.4 Å². The van der Waals surface area contributed by atoms with Crippen molar-refractivity contribution in [2.45, 2.75) is 32.6 Å². The minimum absolute atomic E-state index is 0.657. The average Bonchev–Trinajstić information content (AvgIpc) is 3.21. The molecule has 5 rings (SSSR count). The lowest BCUT2D eigenvalue weighted by Crippen LogP contribution is -2.31. The molecule has 1 fully saturated rings. The van der Waals surface area contributed by atoms with E-state index in [-0.39, 0.29) is 0 Å². The number of nitrogens with zero attached hydrogens (tertiary/aromatic N) is 3. The third kappa shape index (κ3) is 4.88. The first-order chi connectivity index (χ1) is 16.2. The van der Waals surface area contributed by atoms with Gasteiger partial charge in [-0.3, -0.25) is 0 Å². The van der Waals surface area contributed by atoms with Crippen LogP contribution in [0, 0.1) is 6.92 Å². The Morgan fingerprint density at radius 3 is 2.76 bits per heavy atom. The summed E-state index contributed by atoms with van der Waals surface area (Å²) in [6.45, 7) is 6.22. The van der Waals surface area contributed by atoms with Crippen molar-refractivity contribution in [3.8, 4) is 11.5 Å². The second-order valence-corrected chi connectivity index (χ2v) is 8.73. The second-order valence-electron chi connectivity index (χ2n) is 8.73. The summed E-state index contributed by atoms with van der Waals surface area (Å²) >= 11 is 0. The van der Waals surface area contributed by atoms with Crippen molar-refractivity contribution >= 4 is 33.3 Å². The topological polar surface area (TPSA) is 75.3 Å². The van der Waals surface area contributed by atoms with Gasteiger partial charge in [0.2, 0.25) is 0 Å². The lowest BCUT2D eigenvalue weighted by Gasteiger charge is -2.26. The molecule has 4 aromatic rings. The number of piperidine rings is 1. The lowest BCUT2D eigenvalue weighted by atomic mass is 10.1. The van der Waals surface area contributed by atoms with Gasteiger partial charge in [-0.1, -0.05) is 6.42 Å². The number of likely N-dealkylation sites (tertiary alicyclic amines) is 1. The zero-order valence-electron chi connectivity index (χ0n) is 19.4. The number of benzene rings is 2. The van der Waals surface area contributed by atoms with Gasteiger partial charge in [0.1, 0.15) is 12.1 Å². The molecule has 1 aliphatic rings. The van der Waals surface area contributed by atoms with Crippen LogP contribution in [0.1, 0.15) is 31.4 Å². The van der Waals surface area contributed by atoms with E-state index in [2.05, 4.69) is 50.3 Å². The van der Waals surface area contributed by atoms with E-state index in [1.807, 2.05) is 18.2 Å². The Morgan fingerprint density at radius 2 is 1.91 bits per heavy atom. The third-order valence-corrected chi connectivity index (χ3v) is 6.26. The summed E-state index contributed by atoms with van der Waals surface area (Å²) < 4.78 is 11.7. The van der Waals surface area contributed by atoms with Gasteiger partial charge < -0.3 is 24.7 Å². The summed E-state index contributed by atoms with van der Waals surface area (Å²) in [7, 11) is 1.67. The summed E-state index contributed by atoms with van der Waals surface area (Å²) in [5, 5.41) is 5.49. The summed E-state index contributed by atoms with van der Waals surface area (Å²) in [4.78, 5) is 14.8. The van der Waals surface area contributed by atoms with E-state index in [1.165, 1.54) is 32.4 Å². The van der Waals surface area contributed by atoms with E-state index < -0.39 is 0 Å². The van der Waals surface area contributed by atoms with Gasteiger partial charge in [-0.05, 0) is 69.6 Å². The van der Waals surface area contributed by atoms with Gasteiger partial charge in [0.15, 0.2) is 11.5 Å². The van der Waals surface area contributed by atoms with Crippen LogP contribution in [0.3, 0.4) is 0 Å². The monoisotopic (exact) mass is 445 g/mol. The van der Waals surface area contributed by atoms with Gasteiger partial charge in [0, 0.05) is 40.3 Å². The number of aryl methyl sites for hydroxylation is 1. The maximum absolute atomic E-state index is 6.10. The molecule has 0 radical (unpaired) electrons. The van der Waals surface area contributed by atoms with E-state index in [9.17, 15) is 0 Å². The van der Waals surface area contributed by atoms with Gasteiger partial charge >= 0.3 is 0 Å². The number of hydrogen-bond acceptors (Lipinski definition) is 6. The number of rotatable bonds is 8. The second kappa shape index (κ2) is 9.67. The third-order valence-electron chi connectivity index (χ3n) is 6.26. The van der Waals surface area contributed by atoms with Crippen molar-refractivity contribution in [3.05, 3.63) is 48.4 Å². The van der Waals surface area contributed by atoms with E-state index in [4.69, 9.17) is 9.47 Å². The first-order valence-corrected chi connectivity index (χ1v) is 11.7. The molecule has 0 unspecified atom stereocenters.